The SMILES string of the molecule is C[C@]12CC[C@@]34C[C@@]35CCC3(C[C@@]5(O)CC[C@H]4[C@@H]1CCC2=O)OCCCO3. The van der Waals surface area contributed by atoms with Crippen LogP contribution in [0, 0.1) is 28.1 Å². The molecular weight excluding hydrogens is 328 g/mol. The highest BCUT2D eigenvalue weighted by atomic mass is 16.7. The first kappa shape index (κ1) is 16.5. The van der Waals surface area contributed by atoms with Crippen molar-refractivity contribution in [3.05, 3.63) is 0 Å². The lowest BCUT2D eigenvalue weighted by Crippen LogP contribution is -2.61. The zero-order chi connectivity index (χ0) is 17.8. The quantitative estimate of drug-likeness (QED) is 0.717. The minimum atomic E-state index is -0.630. The highest BCUT2D eigenvalue weighted by molar-refractivity contribution is 5.87. The van der Waals surface area contributed by atoms with Gasteiger partial charge in [0.25, 0.3) is 0 Å². The molecule has 26 heavy (non-hydrogen) atoms. The van der Waals surface area contributed by atoms with Crippen molar-refractivity contribution in [2.24, 2.45) is 28.1 Å². The van der Waals surface area contributed by atoms with Crippen LogP contribution in [0.2, 0.25) is 0 Å². The molecule has 6 atom stereocenters. The minimum Gasteiger partial charge on any atom is -0.389 e. The number of carbonyl (C=O) groups excluding carboxylic acids is 1. The summed E-state index contributed by atoms with van der Waals surface area (Å²) < 4.78 is 12.2. The zero-order valence-electron chi connectivity index (χ0n) is 16.0. The molecule has 3 spiro atoms. The van der Waals surface area contributed by atoms with Crippen molar-refractivity contribution in [2.75, 3.05) is 13.2 Å². The smallest absolute Gasteiger partial charge is 0.171 e. The normalized spacial score (nSPS) is 57.1. The monoisotopic (exact) mass is 360 g/mol. The summed E-state index contributed by atoms with van der Waals surface area (Å²) in [6.45, 7) is 3.77. The standard InChI is InChI=1S/C22H32O4/c1-18-7-8-19-13-20(19)9-10-22(25-11-2-12-26-22)14-21(20,24)6-5-16(19)15(18)3-4-17(18)23/h15-16,24H,2-14H2,1H3/t15-,16-,18-,19-,20-,21-/m0/s1. The number of ketones is 1. The largest absolute Gasteiger partial charge is 0.389 e. The Hall–Kier alpha value is -0.450. The molecule has 1 heterocycles. The van der Waals surface area contributed by atoms with Crippen LogP contribution in [0.5, 0.6) is 0 Å². The summed E-state index contributed by atoms with van der Waals surface area (Å²) in [5.41, 5.74) is -0.327. The summed E-state index contributed by atoms with van der Waals surface area (Å²) in [5, 5.41) is 11.9. The van der Waals surface area contributed by atoms with Gasteiger partial charge < -0.3 is 14.6 Å². The molecule has 1 N–H and O–H groups in total. The summed E-state index contributed by atoms with van der Waals surface area (Å²) >= 11 is 0. The van der Waals surface area contributed by atoms with E-state index in [4.69, 9.17) is 9.47 Å². The second-order valence-corrected chi connectivity index (χ2v) is 10.7. The maximum Gasteiger partial charge on any atom is 0.171 e. The fourth-order valence-electron chi connectivity index (χ4n) is 8.80. The Morgan fingerprint density at radius 2 is 1.77 bits per heavy atom. The molecule has 0 bridgehead atoms. The topological polar surface area (TPSA) is 55.8 Å². The van der Waals surface area contributed by atoms with Crippen LogP contribution in [0.1, 0.15) is 77.6 Å². The minimum absolute atomic E-state index is 0.0688. The molecular formula is C22H32O4. The Morgan fingerprint density at radius 3 is 2.58 bits per heavy atom. The van der Waals surface area contributed by atoms with Gasteiger partial charge in [0.15, 0.2) is 5.79 Å². The molecule has 1 aliphatic heterocycles. The van der Waals surface area contributed by atoms with Crippen LogP contribution in [0.25, 0.3) is 0 Å². The van der Waals surface area contributed by atoms with Crippen LogP contribution < -0.4 is 0 Å². The number of hydrogen-bond acceptors (Lipinski definition) is 4. The van der Waals surface area contributed by atoms with Crippen LogP contribution >= 0.6 is 0 Å². The first-order valence-corrected chi connectivity index (χ1v) is 10.9. The lowest BCUT2D eigenvalue weighted by Gasteiger charge is -2.59. The summed E-state index contributed by atoms with van der Waals surface area (Å²) in [4.78, 5) is 12.6. The molecule has 0 unspecified atom stereocenters. The lowest BCUT2D eigenvalue weighted by molar-refractivity contribution is -0.321. The Morgan fingerprint density at radius 1 is 0.962 bits per heavy atom. The van der Waals surface area contributed by atoms with E-state index in [0.717, 1.165) is 71.0 Å². The van der Waals surface area contributed by atoms with E-state index in [0.29, 0.717) is 29.5 Å². The van der Waals surface area contributed by atoms with E-state index in [1.54, 1.807) is 0 Å². The van der Waals surface area contributed by atoms with Gasteiger partial charge >= 0.3 is 0 Å². The number of ether oxygens (including phenoxy) is 2. The summed E-state index contributed by atoms with van der Waals surface area (Å²) in [7, 11) is 0. The summed E-state index contributed by atoms with van der Waals surface area (Å²) in [6, 6.07) is 0. The van der Waals surface area contributed by atoms with Gasteiger partial charge in [-0.3, -0.25) is 4.79 Å². The number of aliphatic hydroxyl groups is 1. The van der Waals surface area contributed by atoms with Crippen molar-refractivity contribution in [3.63, 3.8) is 0 Å². The Kier molecular flexibility index (Phi) is 3.01. The van der Waals surface area contributed by atoms with Crippen molar-refractivity contribution in [3.8, 4) is 0 Å². The second-order valence-electron chi connectivity index (χ2n) is 10.7. The molecule has 6 fully saturated rings. The van der Waals surface area contributed by atoms with Crippen molar-refractivity contribution in [2.45, 2.75) is 88.9 Å². The third-order valence-corrected chi connectivity index (χ3v) is 10.1. The Balaban J connectivity index is 1.34. The lowest BCUT2D eigenvalue weighted by atomic mass is 9.49. The Bertz CT molecular complexity index is 669. The number of hydrogen-bond donors (Lipinski definition) is 1. The highest BCUT2D eigenvalue weighted by Gasteiger charge is 2.83. The van der Waals surface area contributed by atoms with Crippen molar-refractivity contribution >= 4 is 5.78 Å². The van der Waals surface area contributed by atoms with Crippen molar-refractivity contribution in [1.82, 2.24) is 0 Å². The number of fused-ring (bicyclic) bond motifs is 2. The second kappa shape index (κ2) is 4.75. The molecule has 0 aromatic rings. The zero-order valence-corrected chi connectivity index (χ0v) is 16.0. The van der Waals surface area contributed by atoms with Gasteiger partial charge in [-0.15, -0.1) is 0 Å². The molecule has 144 valence electrons. The average Bonchev–Trinajstić information content (AvgIpc) is 3.21. The number of Topliss-reactive ketones (excluding diaryl/α,β-unsaturated/α-hetero) is 1. The van der Waals surface area contributed by atoms with Crippen LogP contribution in [-0.2, 0) is 14.3 Å². The van der Waals surface area contributed by atoms with Gasteiger partial charge in [0.1, 0.15) is 5.78 Å². The summed E-state index contributed by atoms with van der Waals surface area (Å²) in [6.07, 6.45) is 10.8. The van der Waals surface area contributed by atoms with E-state index in [1.165, 1.54) is 6.42 Å². The van der Waals surface area contributed by atoms with Gasteiger partial charge in [0, 0.05) is 30.1 Å². The fourth-order valence-corrected chi connectivity index (χ4v) is 8.80. The van der Waals surface area contributed by atoms with E-state index in [9.17, 15) is 9.90 Å². The van der Waals surface area contributed by atoms with E-state index >= 15 is 0 Å². The number of rotatable bonds is 0. The molecule has 4 nitrogen and oxygen atoms in total. The first-order chi connectivity index (χ1) is 12.4. The Labute approximate surface area is 156 Å². The van der Waals surface area contributed by atoms with Gasteiger partial charge in [-0.25, -0.2) is 0 Å². The van der Waals surface area contributed by atoms with E-state index in [-0.39, 0.29) is 10.8 Å². The molecule has 5 saturated carbocycles. The maximum atomic E-state index is 12.6. The average molecular weight is 360 g/mol. The van der Waals surface area contributed by atoms with Gasteiger partial charge in [0.2, 0.25) is 0 Å². The van der Waals surface area contributed by atoms with Gasteiger partial charge in [0.05, 0.1) is 18.8 Å². The van der Waals surface area contributed by atoms with Crippen molar-refractivity contribution in [1.29, 1.82) is 0 Å². The first-order valence-electron chi connectivity index (χ1n) is 10.9. The predicted molar refractivity (Wildman–Crippen MR) is 95.3 cm³/mol. The van der Waals surface area contributed by atoms with Gasteiger partial charge in [-0.05, 0) is 68.6 Å². The molecule has 4 heteroatoms. The molecule has 0 amide bonds. The van der Waals surface area contributed by atoms with E-state index in [2.05, 4.69) is 6.92 Å². The molecule has 0 aromatic heterocycles. The van der Waals surface area contributed by atoms with E-state index in [1.807, 2.05) is 0 Å². The summed E-state index contributed by atoms with van der Waals surface area (Å²) in [5.74, 6) is 1.20. The molecule has 0 radical (unpaired) electrons. The molecule has 1 saturated heterocycles. The number of carbonyl (C=O) groups is 1. The van der Waals surface area contributed by atoms with E-state index < -0.39 is 11.4 Å². The third-order valence-electron chi connectivity index (χ3n) is 10.1. The molecule has 5 aliphatic carbocycles. The third kappa shape index (κ3) is 1.68. The van der Waals surface area contributed by atoms with Gasteiger partial charge in [-0.1, -0.05) is 6.92 Å². The molecule has 6 aliphatic rings. The van der Waals surface area contributed by atoms with Crippen molar-refractivity contribution < 1.29 is 19.4 Å². The van der Waals surface area contributed by atoms with Crippen LogP contribution in [0.15, 0.2) is 0 Å². The van der Waals surface area contributed by atoms with Crippen LogP contribution in [0.4, 0.5) is 0 Å². The van der Waals surface area contributed by atoms with Crippen LogP contribution in [-0.4, -0.2) is 35.5 Å². The maximum absolute atomic E-state index is 12.6. The van der Waals surface area contributed by atoms with Crippen LogP contribution in [0.3, 0.4) is 0 Å². The van der Waals surface area contributed by atoms with Gasteiger partial charge in [-0.2, -0.15) is 0 Å². The predicted octanol–water partition coefficient (Wildman–Crippen LogP) is 3.60. The molecule has 0 aromatic carbocycles. The molecule has 6 rings (SSSR count). The fraction of sp³-hybridized carbons (Fsp3) is 0.955. The highest BCUT2D eigenvalue weighted by Crippen LogP contribution is 2.86.